The van der Waals surface area contributed by atoms with Crippen molar-refractivity contribution in [1.82, 2.24) is 15.6 Å². The van der Waals surface area contributed by atoms with Gasteiger partial charge in [-0.25, -0.2) is 0 Å². The van der Waals surface area contributed by atoms with Crippen LogP contribution in [-0.2, 0) is 12.8 Å². The number of para-hydroxylation sites is 1. The topological polar surface area (TPSA) is 79.9 Å². The van der Waals surface area contributed by atoms with Crippen molar-refractivity contribution in [2.24, 2.45) is 4.99 Å². The van der Waals surface area contributed by atoms with Gasteiger partial charge in [-0.1, -0.05) is 18.2 Å². The summed E-state index contributed by atoms with van der Waals surface area (Å²) in [7, 11) is 6.71. The predicted molar refractivity (Wildman–Crippen MR) is 141 cm³/mol. The molecule has 1 aromatic heterocycles. The third-order valence-corrected chi connectivity index (χ3v) is 5.40. The van der Waals surface area contributed by atoms with E-state index in [4.69, 9.17) is 14.2 Å². The molecule has 0 aliphatic heterocycles. The SMILES string of the molecule is CN=C(NCCc1c(OC)cc(OC)cc1OC)NCCc1c(C)[nH]c2ccccc12.I. The van der Waals surface area contributed by atoms with E-state index in [0.717, 1.165) is 42.4 Å². The van der Waals surface area contributed by atoms with E-state index < -0.39 is 0 Å². The minimum Gasteiger partial charge on any atom is -0.496 e. The molecule has 32 heavy (non-hydrogen) atoms. The second-order valence-corrected chi connectivity index (χ2v) is 7.21. The van der Waals surface area contributed by atoms with Crippen LogP contribution >= 0.6 is 24.0 Å². The second kappa shape index (κ2) is 12.4. The lowest BCUT2D eigenvalue weighted by Crippen LogP contribution is -2.39. The Morgan fingerprint density at radius 2 is 1.50 bits per heavy atom. The fourth-order valence-electron chi connectivity index (χ4n) is 3.81. The van der Waals surface area contributed by atoms with Crippen LogP contribution in [0.25, 0.3) is 10.9 Å². The minimum atomic E-state index is 0. The Morgan fingerprint density at radius 1 is 0.906 bits per heavy atom. The number of methoxy groups -OCH3 is 3. The molecular weight excluding hydrogens is 519 g/mol. The average molecular weight is 552 g/mol. The van der Waals surface area contributed by atoms with Gasteiger partial charge in [-0.15, -0.1) is 24.0 Å². The lowest BCUT2D eigenvalue weighted by Gasteiger charge is -2.16. The molecule has 3 aromatic rings. The second-order valence-electron chi connectivity index (χ2n) is 7.21. The number of ether oxygens (including phenoxy) is 3. The molecule has 7 nitrogen and oxygen atoms in total. The number of guanidine groups is 1. The van der Waals surface area contributed by atoms with Crippen molar-refractivity contribution in [3.05, 3.63) is 53.2 Å². The van der Waals surface area contributed by atoms with Crippen LogP contribution in [0.2, 0.25) is 0 Å². The quantitative estimate of drug-likeness (QED) is 0.212. The highest BCUT2D eigenvalue weighted by molar-refractivity contribution is 14.0. The molecule has 0 saturated carbocycles. The summed E-state index contributed by atoms with van der Waals surface area (Å²) >= 11 is 0. The van der Waals surface area contributed by atoms with E-state index in [9.17, 15) is 0 Å². The number of nitrogens with zero attached hydrogens (tertiary/aromatic N) is 1. The monoisotopic (exact) mass is 552 g/mol. The predicted octanol–water partition coefficient (Wildman–Crippen LogP) is 4.07. The van der Waals surface area contributed by atoms with E-state index in [0.29, 0.717) is 12.3 Å². The van der Waals surface area contributed by atoms with Crippen LogP contribution in [0.15, 0.2) is 41.4 Å². The Kier molecular flexibility index (Phi) is 9.96. The highest BCUT2D eigenvalue weighted by Gasteiger charge is 2.13. The van der Waals surface area contributed by atoms with Crippen LogP contribution in [0.4, 0.5) is 0 Å². The largest absolute Gasteiger partial charge is 0.496 e. The molecule has 3 N–H and O–H groups in total. The number of halogens is 1. The molecule has 0 amide bonds. The molecule has 0 atom stereocenters. The van der Waals surface area contributed by atoms with Crippen LogP contribution in [0.5, 0.6) is 17.2 Å². The number of hydrogen-bond acceptors (Lipinski definition) is 4. The molecule has 0 radical (unpaired) electrons. The molecule has 0 bridgehead atoms. The number of aromatic nitrogens is 1. The first-order valence-corrected chi connectivity index (χ1v) is 10.4. The number of H-pyrrole nitrogens is 1. The fourth-order valence-corrected chi connectivity index (χ4v) is 3.81. The zero-order chi connectivity index (χ0) is 22.2. The number of hydrogen-bond donors (Lipinski definition) is 3. The highest BCUT2D eigenvalue weighted by Crippen LogP contribution is 2.34. The molecule has 0 aliphatic carbocycles. The molecule has 1 heterocycles. The van der Waals surface area contributed by atoms with Gasteiger partial charge in [0, 0.05) is 54.4 Å². The smallest absolute Gasteiger partial charge is 0.190 e. The normalized spacial score (nSPS) is 11.1. The minimum absolute atomic E-state index is 0. The van der Waals surface area contributed by atoms with Crippen LogP contribution in [-0.4, -0.2) is 52.4 Å². The number of nitrogens with one attached hydrogen (secondary N) is 3. The van der Waals surface area contributed by atoms with E-state index >= 15 is 0 Å². The first-order valence-electron chi connectivity index (χ1n) is 10.4. The Labute approximate surface area is 207 Å². The van der Waals surface area contributed by atoms with Crippen molar-refractivity contribution >= 4 is 40.8 Å². The van der Waals surface area contributed by atoms with Crippen LogP contribution in [0, 0.1) is 6.92 Å². The zero-order valence-electron chi connectivity index (χ0n) is 19.4. The summed E-state index contributed by atoms with van der Waals surface area (Å²) in [5.41, 5.74) is 4.72. The van der Waals surface area contributed by atoms with Gasteiger partial charge in [0.2, 0.25) is 0 Å². The van der Waals surface area contributed by atoms with Gasteiger partial charge in [-0.3, -0.25) is 4.99 Å². The highest BCUT2D eigenvalue weighted by atomic mass is 127. The lowest BCUT2D eigenvalue weighted by atomic mass is 10.1. The van der Waals surface area contributed by atoms with E-state index in [1.54, 1.807) is 28.4 Å². The molecule has 0 saturated heterocycles. The van der Waals surface area contributed by atoms with Gasteiger partial charge in [0.1, 0.15) is 17.2 Å². The summed E-state index contributed by atoms with van der Waals surface area (Å²) in [4.78, 5) is 7.79. The van der Waals surface area contributed by atoms with Crippen molar-refractivity contribution in [2.75, 3.05) is 41.5 Å². The first-order chi connectivity index (χ1) is 15.1. The van der Waals surface area contributed by atoms with Gasteiger partial charge in [0.15, 0.2) is 5.96 Å². The van der Waals surface area contributed by atoms with Crippen LogP contribution in [0.3, 0.4) is 0 Å². The van der Waals surface area contributed by atoms with Gasteiger partial charge in [0.25, 0.3) is 0 Å². The third-order valence-electron chi connectivity index (χ3n) is 5.40. The molecule has 174 valence electrons. The molecule has 0 unspecified atom stereocenters. The lowest BCUT2D eigenvalue weighted by molar-refractivity contribution is 0.368. The molecule has 0 spiro atoms. The number of aliphatic imine (C=N–C) groups is 1. The molecule has 0 fully saturated rings. The first kappa shape index (κ1) is 25.6. The maximum absolute atomic E-state index is 5.53. The number of rotatable bonds is 9. The summed E-state index contributed by atoms with van der Waals surface area (Å²) in [5, 5.41) is 8.05. The van der Waals surface area contributed by atoms with Crippen molar-refractivity contribution in [3.63, 3.8) is 0 Å². The van der Waals surface area contributed by atoms with Crippen molar-refractivity contribution in [3.8, 4) is 17.2 Å². The maximum Gasteiger partial charge on any atom is 0.190 e. The van der Waals surface area contributed by atoms with E-state index in [2.05, 4.69) is 51.8 Å². The zero-order valence-corrected chi connectivity index (χ0v) is 21.7. The number of fused-ring (bicyclic) bond motifs is 1. The molecule has 8 heteroatoms. The molecule has 2 aromatic carbocycles. The van der Waals surface area contributed by atoms with Crippen LogP contribution in [0.1, 0.15) is 16.8 Å². The van der Waals surface area contributed by atoms with Crippen molar-refractivity contribution < 1.29 is 14.2 Å². The Morgan fingerprint density at radius 3 is 2.06 bits per heavy atom. The van der Waals surface area contributed by atoms with E-state index in [-0.39, 0.29) is 24.0 Å². The van der Waals surface area contributed by atoms with Gasteiger partial charge >= 0.3 is 0 Å². The summed E-state index contributed by atoms with van der Waals surface area (Å²) < 4.78 is 16.4. The van der Waals surface area contributed by atoms with E-state index in [1.165, 1.54) is 22.2 Å². The number of aryl methyl sites for hydroxylation is 1. The van der Waals surface area contributed by atoms with E-state index in [1.807, 2.05) is 12.1 Å². The maximum atomic E-state index is 5.53. The molecular formula is C24H33IN4O3. The van der Waals surface area contributed by atoms with Crippen molar-refractivity contribution in [1.29, 1.82) is 0 Å². The summed E-state index contributed by atoms with van der Waals surface area (Å²) in [6.45, 7) is 3.60. The van der Waals surface area contributed by atoms with Gasteiger partial charge in [-0.2, -0.15) is 0 Å². The average Bonchev–Trinajstić information content (AvgIpc) is 3.12. The summed E-state index contributed by atoms with van der Waals surface area (Å²) in [6, 6.07) is 12.1. The Balaban J connectivity index is 0.00000363. The standard InChI is InChI=1S/C24H32N4O3.HI/c1-16-18(19-8-6-7-9-21(19)28-16)10-12-26-24(25-2)27-13-11-20-22(30-4)14-17(29-3)15-23(20)31-5;/h6-9,14-15,28H,10-13H2,1-5H3,(H2,25,26,27);1H. The van der Waals surface area contributed by atoms with Gasteiger partial charge < -0.3 is 29.8 Å². The summed E-state index contributed by atoms with van der Waals surface area (Å²) in [6.07, 6.45) is 1.63. The molecule has 3 rings (SSSR count). The van der Waals surface area contributed by atoms with Crippen molar-refractivity contribution in [2.45, 2.75) is 19.8 Å². The van der Waals surface area contributed by atoms with Crippen LogP contribution < -0.4 is 24.8 Å². The molecule has 0 aliphatic rings. The number of aromatic amines is 1. The number of benzene rings is 2. The Bertz CT molecular complexity index is 1020. The third kappa shape index (κ3) is 5.99. The van der Waals surface area contributed by atoms with Gasteiger partial charge in [-0.05, 0) is 31.4 Å². The fraction of sp³-hybridized carbons (Fsp3) is 0.375. The Hall–Kier alpha value is -2.62. The van der Waals surface area contributed by atoms with Gasteiger partial charge in [0.05, 0.1) is 21.3 Å². The summed E-state index contributed by atoms with van der Waals surface area (Å²) in [5.74, 6) is 2.96.